The molecule has 3 nitrogen and oxygen atoms in total. The summed E-state index contributed by atoms with van der Waals surface area (Å²) in [5.41, 5.74) is 5.51. The average Bonchev–Trinajstić information content (AvgIpc) is 2.63. The quantitative estimate of drug-likeness (QED) is 0.901. The molecule has 1 atom stereocenters. The fourth-order valence-corrected chi connectivity index (χ4v) is 2.42. The SMILES string of the molecule is Cc1cccc(C)c1CC(O)c1cn(C)nc1C. The first-order valence-corrected chi connectivity index (χ1v) is 6.22. The van der Waals surface area contributed by atoms with Crippen LogP contribution in [0.3, 0.4) is 0 Å². The number of aryl methyl sites for hydroxylation is 4. The molecular formula is C15H20N2O. The largest absolute Gasteiger partial charge is 0.388 e. The number of rotatable bonds is 3. The van der Waals surface area contributed by atoms with Crippen LogP contribution in [0.15, 0.2) is 24.4 Å². The second kappa shape index (κ2) is 4.94. The third kappa shape index (κ3) is 2.46. The molecule has 0 aliphatic carbocycles. The fourth-order valence-electron chi connectivity index (χ4n) is 2.42. The van der Waals surface area contributed by atoms with Gasteiger partial charge in [-0.15, -0.1) is 0 Å². The lowest BCUT2D eigenvalue weighted by atomic mass is 9.95. The van der Waals surface area contributed by atoms with Crippen molar-refractivity contribution in [2.75, 3.05) is 0 Å². The predicted octanol–water partition coefficient (Wildman–Crippen LogP) is 2.62. The highest BCUT2D eigenvalue weighted by Gasteiger charge is 2.16. The summed E-state index contributed by atoms with van der Waals surface area (Å²) in [5.74, 6) is 0. The molecule has 1 N–H and O–H groups in total. The molecule has 2 rings (SSSR count). The van der Waals surface area contributed by atoms with E-state index in [9.17, 15) is 5.11 Å². The highest BCUT2D eigenvalue weighted by atomic mass is 16.3. The van der Waals surface area contributed by atoms with Crippen LogP contribution in [0.25, 0.3) is 0 Å². The summed E-state index contributed by atoms with van der Waals surface area (Å²) >= 11 is 0. The van der Waals surface area contributed by atoms with Gasteiger partial charge in [0.25, 0.3) is 0 Å². The number of aliphatic hydroxyl groups excluding tert-OH is 1. The highest BCUT2D eigenvalue weighted by Crippen LogP contribution is 2.24. The van der Waals surface area contributed by atoms with E-state index in [4.69, 9.17) is 0 Å². The lowest BCUT2D eigenvalue weighted by Crippen LogP contribution is -2.05. The van der Waals surface area contributed by atoms with Gasteiger partial charge in [-0.05, 0) is 37.5 Å². The molecule has 0 aliphatic heterocycles. The Morgan fingerprint density at radius 1 is 1.22 bits per heavy atom. The molecule has 0 spiro atoms. The normalized spacial score (nSPS) is 12.7. The van der Waals surface area contributed by atoms with Gasteiger partial charge in [0, 0.05) is 25.2 Å². The molecule has 3 heteroatoms. The molecule has 0 saturated heterocycles. The molecule has 1 aromatic heterocycles. The first kappa shape index (κ1) is 12.8. The first-order valence-electron chi connectivity index (χ1n) is 6.22. The average molecular weight is 244 g/mol. The zero-order valence-corrected chi connectivity index (χ0v) is 11.4. The van der Waals surface area contributed by atoms with Crippen LogP contribution in [0, 0.1) is 20.8 Å². The summed E-state index contributed by atoms with van der Waals surface area (Å²) < 4.78 is 1.75. The summed E-state index contributed by atoms with van der Waals surface area (Å²) in [6.07, 6.45) is 2.05. The Hall–Kier alpha value is -1.61. The van der Waals surface area contributed by atoms with E-state index in [-0.39, 0.29) is 0 Å². The number of aromatic nitrogens is 2. The summed E-state index contributed by atoms with van der Waals surface area (Å²) in [6.45, 7) is 6.11. The monoisotopic (exact) mass is 244 g/mol. The zero-order valence-electron chi connectivity index (χ0n) is 11.4. The Morgan fingerprint density at radius 3 is 2.33 bits per heavy atom. The van der Waals surface area contributed by atoms with Gasteiger partial charge in [-0.25, -0.2) is 0 Å². The molecule has 1 heterocycles. The maximum atomic E-state index is 10.4. The first-order chi connectivity index (χ1) is 8.49. The van der Waals surface area contributed by atoms with Crippen molar-refractivity contribution in [2.24, 2.45) is 7.05 Å². The molecule has 2 aromatic rings. The Labute approximate surface area is 108 Å². The van der Waals surface area contributed by atoms with Crippen LogP contribution in [-0.4, -0.2) is 14.9 Å². The summed E-state index contributed by atoms with van der Waals surface area (Å²) in [6, 6.07) is 6.23. The second-order valence-electron chi connectivity index (χ2n) is 4.93. The Bertz CT molecular complexity index is 537. The Balaban J connectivity index is 2.26. The maximum Gasteiger partial charge on any atom is 0.0863 e. The van der Waals surface area contributed by atoms with Crippen molar-refractivity contribution in [1.82, 2.24) is 9.78 Å². The minimum absolute atomic E-state index is 0.488. The van der Waals surface area contributed by atoms with Crippen LogP contribution >= 0.6 is 0 Å². The number of benzene rings is 1. The van der Waals surface area contributed by atoms with Gasteiger partial charge in [0.15, 0.2) is 0 Å². The minimum Gasteiger partial charge on any atom is -0.388 e. The smallest absolute Gasteiger partial charge is 0.0863 e. The van der Waals surface area contributed by atoms with Gasteiger partial charge in [-0.2, -0.15) is 5.10 Å². The van der Waals surface area contributed by atoms with E-state index in [0.717, 1.165) is 11.3 Å². The van der Waals surface area contributed by atoms with Crippen LogP contribution in [0.1, 0.15) is 34.1 Å². The Morgan fingerprint density at radius 2 is 1.83 bits per heavy atom. The van der Waals surface area contributed by atoms with Gasteiger partial charge in [0.1, 0.15) is 0 Å². The molecule has 1 unspecified atom stereocenters. The van der Waals surface area contributed by atoms with E-state index in [1.165, 1.54) is 16.7 Å². The van der Waals surface area contributed by atoms with Gasteiger partial charge < -0.3 is 5.11 Å². The van der Waals surface area contributed by atoms with E-state index in [1.807, 2.05) is 20.2 Å². The van der Waals surface area contributed by atoms with Crippen molar-refractivity contribution >= 4 is 0 Å². The van der Waals surface area contributed by atoms with Gasteiger partial charge in [-0.1, -0.05) is 18.2 Å². The highest BCUT2D eigenvalue weighted by molar-refractivity contribution is 5.35. The van der Waals surface area contributed by atoms with E-state index in [2.05, 4.69) is 37.1 Å². The minimum atomic E-state index is -0.488. The molecule has 18 heavy (non-hydrogen) atoms. The zero-order chi connectivity index (χ0) is 13.3. The van der Waals surface area contributed by atoms with Crippen molar-refractivity contribution in [1.29, 1.82) is 0 Å². The van der Waals surface area contributed by atoms with Crippen molar-refractivity contribution in [3.8, 4) is 0 Å². The summed E-state index contributed by atoms with van der Waals surface area (Å²) in [5, 5.41) is 14.6. The van der Waals surface area contributed by atoms with Crippen molar-refractivity contribution in [3.63, 3.8) is 0 Å². The topological polar surface area (TPSA) is 38.0 Å². The predicted molar refractivity (Wildman–Crippen MR) is 72.5 cm³/mol. The molecule has 1 aromatic carbocycles. The van der Waals surface area contributed by atoms with Crippen molar-refractivity contribution < 1.29 is 5.11 Å². The Kier molecular flexibility index (Phi) is 3.53. The molecule has 0 saturated carbocycles. The lowest BCUT2D eigenvalue weighted by molar-refractivity contribution is 0.177. The number of hydrogen-bond donors (Lipinski definition) is 1. The van der Waals surface area contributed by atoms with Crippen LogP contribution in [0.4, 0.5) is 0 Å². The third-order valence-electron chi connectivity index (χ3n) is 3.45. The van der Waals surface area contributed by atoms with Crippen LogP contribution in [0.5, 0.6) is 0 Å². The van der Waals surface area contributed by atoms with Crippen LogP contribution in [-0.2, 0) is 13.5 Å². The molecule has 0 fully saturated rings. The fraction of sp³-hybridized carbons (Fsp3) is 0.400. The van der Waals surface area contributed by atoms with E-state index < -0.39 is 6.10 Å². The van der Waals surface area contributed by atoms with Gasteiger partial charge in [0.05, 0.1) is 11.8 Å². The molecule has 0 amide bonds. The van der Waals surface area contributed by atoms with Crippen LogP contribution < -0.4 is 0 Å². The summed E-state index contributed by atoms with van der Waals surface area (Å²) in [4.78, 5) is 0. The molecule has 96 valence electrons. The van der Waals surface area contributed by atoms with E-state index in [0.29, 0.717) is 6.42 Å². The number of aliphatic hydroxyl groups is 1. The van der Waals surface area contributed by atoms with Gasteiger partial charge >= 0.3 is 0 Å². The second-order valence-corrected chi connectivity index (χ2v) is 4.93. The summed E-state index contributed by atoms with van der Waals surface area (Å²) in [7, 11) is 1.88. The maximum absolute atomic E-state index is 10.4. The number of nitrogens with zero attached hydrogens (tertiary/aromatic N) is 2. The molecule has 0 radical (unpaired) electrons. The van der Waals surface area contributed by atoms with Crippen LogP contribution in [0.2, 0.25) is 0 Å². The molecular weight excluding hydrogens is 224 g/mol. The van der Waals surface area contributed by atoms with Crippen molar-refractivity contribution in [3.05, 3.63) is 52.3 Å². The number of hydrogen-bond acceptors (Lipinski definition) is 2. The lowest BCUT2D eigenvalue weighted by Gasteiger charge is -2.14. The molecule has 0 aliphatic rings. The van der Waals surface area contributed by atoms with Gasteiger partial charge in [0.2, 0.25) is 0 Å². The third-order valence-corrected chi connectivity index (χ3v) is 3.45. The van der Waals surface area contributed by atoms with E-state index >= 15 is 0 Å². The van der Waals surface area contributed by atoms with Gasteiger partial charge in [-0.3, -0.25) is 4.68 Å². The standard InChI is InChI=1S/C15H20N2O/c1-10-6-5-7-11(2)13(10)8-15(18)14-9-17(4)16-12(14)3/h5-7,9,15,18H,8H2,1-4H3. The van der Waals surface area contributed by atoms with Crippen molar-refractivity contribution in [2.45, 2.75) is 33.3 Å². The van der Waals surface area contributed by atoms with E-state index in [1.54, 1.807) is 4.68 Å². The molecule has 0 bridgehead atoms.